The molecule has 0 fully saturated rings. The van der Waals surface area contributed by atoms with Crippen LogP contribution in [0.2, 0.25) is 0 Å². The number of unbranched alkanes of at least 4 members (excludes halogenated alkanes) is 47. The van der Waals surface area contributed by atoms with Crippen LogP contribution in [-0.4, -0.2) is 37.2 Å². The molecule has 0 bridgehead atoms. The third-order valence-electron chi connectivity index (χ3n) is 16.5. The summed E-state index contributed by atoms with van der Waals surface area (Å²) in [7, 11) is 0. The van der Waals surface area contributed by atoms with Crippen LogP contribution in [0, 0.1) is 0 Å². The summed E-state index contributed by atoms with van der Waals surface area (Å²) in [6.45, 7) is 6.67. The van der Waals surface area contributed by atoms with Crippen molar-refractivity contribution in [2.24, 2.45) is 0 Å². The lowest BCUT2D eigenvalue weighted by molar-refractivity contribution is -0.167. The summed E-state index contributed by atoms with van der Waals surface area (Å²) in [5.41, 5.74) is 0. The van der Waals surface area contributed by atoms with E-state index in [4.69, 9.17) is 14.2 Å². The Bertz CT molecular complexity index is 1470. The molecule has 0 radical (unpaired) electrons. The summed E-state index contributed by atoms with van der Waals surface area (Å²) in [6.07, 6.45) is 92.5. The first kappa shape index (κ1) is 80.1. The lowest BCUT2D eigenvalue weighted by Crippen LogP contribution is -2.30. The standard InChI is InChI=1S/C77H140O6/c1-4-7-10-13-16-19-22-25-28-31-33-35-36-37-38-39-40-42-43-46-49-52-55-58-61-64-67-70-76(79)82-73-74(72-81-75(78)69-66-63-60-57-54-51-48-45-30-27-24-21-18-15-12-9-6-3)83-77(80)71-68-65-62-59-56-53-50-47-44-41-34-32-29-26-23-20-17-14-11-8-5-2/h23,26-27,30-34,44,47,74H,4-22,24-25,28-29,35-43,45-46,48-73H2,1-3H3/b26-23-,30-27-,33-31-,34-32-,47-44-. The molecule has 0 aromatic rings. The van der Waals surface area contributed by atoms with Gasteiger partial charge in [-0.1, -0.05) is 326 Å². The molecular weight excluding hydrogens is 1020 g/mol. The first-order valence-electron chi connectivity index (χ1n) is 36.8. The van der Waals surface area contributed by atoms with Crippen molar-refractivity contribution in [3.05, 3.63) is 60.8 Å². The first-order chi connectivity index (χ1) is 41.0. The molecule has 0 rings (SSSR count). The first-order valence-corrected chi connectivity index (χ1v) is 36.8. The van der Waals surface area contributed by atoms with Gasteiger partial charge in [0.1, 0.15) is 13.2 Å². The van der Waals surface area contributed by atoms with E-state index in [1.54, 1.807) is 0 Å². The maximum Gasteiger partial charge on any atom is 0.306 e. The zero-order valence-corrected chi connectivity index (χ0v) is 55.7. The third-order valence-corrected chi connectivity index (χ3v) is 16.5. The molecule has 83 heavy (non-hydrogen) atoms. The zero-order chi connectivity index (χ0) is 59.9. The van der Waals surface area contributed by atoms with Gasteiger partial charge < -0.3 is 14.2 Å². The van der Waals surface area contributed by atoms with Crippen molar-refractivity contribution >= 4 is 17.9 Å². The quantitative estimate of drug-likeness (QED) is 0.0261. The van der Waals surface area contributed by atoms with Gasteiger partial charge in [-0.05, 0) is 109 Å². The lowest BCUT2D eigenvalue weighted by atomic mass is 10.0. The van der Waals surface area contributed by atoms with Gasteiger partial charge in [-0.25, -0.2) is 0 Å². The minimum Gasteiger partial charge on any atom is -0.462 e. The summed E-state index contributed by atoms with van der Waals surface area (Å²) in [4.78, 5) is 38.5. The summed E-state index contributed by atoms with van der Waals surface area (Å²) in [5, 5.41) is 0. The van der Waals surface area contributed by atoms with Gasteiger partial charge in [0.15, 0.2) is 6.10 Å². The minimum atomic E-state index is -0.785. The normalized spacial score (nSPS) is 12.4. The van der Waals surface area contributed by atoms with E-state index in [9.17, 15) is 14.4 Å². The van der Waals surface area contributed by atoms with Crippen LogP contribution in [0.15, 0.2) is 60.8 Å². The van der Waals surface area contributed by atoms with Crippen molar-refractivity contribution in [1.82, 2.24) is 0 Å². The molecule has 6 nitrogen and oxygen atoms in total. The number of hydrogen-bond acceptors (Lipinski definition) is 6. The Balaban J connectivity index is 4.31. The smallest absolute Gasteiger partial charge is 0.306 e. The van der Waals surface area contributed by atoms with Crippen molar-refractivity contribution in [2.75, 3.05) is 13.2 Å². The Morgan fingerprint density at radius 1 is 0.241 bits per heavy atom. The van der Waals surface area contributed by atoms with Gasteiger partial charge in [0.2, 0.25) is 0 Å². The van der Waals surface area contributed by atoms with Crippen molar-refractivity contribution in [3.8, 4) is 0 Å². The SMILES string of the molecule is CCCCCCC/C=C\C/C=C\C/C=C\CCCCCCCCC(=O)OC(COC(=O)CCCCCCCCC/C=C\CCCCCCCC)COC(=O)CCCCCCCCCCCCCCCCC/C=C\CCCCCCCCCC. The molecule has 0 saturated heterocycles. The molecule has 0 N–H and O–H groups in total. The van der Waals surface area contributed by atoms with Gasteiger partial charge in [0, 0.05) is 19.3 Å². The van der Waals surface area contributed by atoms with Gasteiger partial charge >= 0.3 is 17.9 Å². The number of allylic oxidation sites excluding steroid dienone is 10. The predicted molar refractivity (Wildman–Crippen MR) is 362 cm³/mol. The van der Waals surface area contributed by atoms with Crippen LogP contribution in [0.25, 0.3) is 0 Å². The van der Waals surface area contributed by atoms with Crippen LogP contribution in [0.5, 0.6) is 0 Å². The minimum absolute atomic E-state index is 0.0779. The second kappa shape index (κ2) is 71.6. The van der Waals surface area contributed by atoms with E-state index in [-0.39, 0.29) is 31.1 Å². The highest BCUT2D eigenvalue weighted by molar-refractivity contribution is 5.71. The van der Waals surface area contributed by atoms with E-state index in [2.05, 4.69) is 81.5 Å². The average Bonchev–Trinajstić information content (AvgIpc) is 3.50. The molecule has 0 aliphatic carbocycles. The molecule has 0 aliphatic heterocycles. The number of carbonyl (C=O) groups is 3. The lowest BCUT2D eigenvalue weighted by Gasteiger charge is -2.18. The molecule has 0 aromatic heterocycles. The molecule has 0 aliphatic rings. The Morgan fingerprint density at radius 3 is 0.687 bits per heavy atom. The van der Waals surface area contributed by atoms with Crippen molar-refractivity contribution in [1.29, 1.82) is 0 Å². The van der Waals surface area contributed by atoms with E-state index in [0.29, 0.717) is 19.3 Å². The molecule has 484 valence electrons. The number of hydrogen-bond donors (Lipinski definition) is 0. The van der Waals surface area contributed by atoms with Gasteiger partial charge in [-0.2, -0.15) is 0 Å². The van der Waals surface area contributed by atoms with Crippen LogP contribution >= 0.6 is 0 Å². The molecule has 6 heteroatoms. The second-order valence-corrected chi connectivity index (χ2v) is 24.8. The third kappa shape index (κ3) is 69.8. The Hall–Kier alpha value is -2.89. The molecule has 1 unspecified atom stereocenters. The van der Waals surface area contributed by atoms with Crippen LogP contribution in [-0.2, 0) is 28.6 Å². The van der Waals surface area contributed by atoms with Crippen LogP contribution in [0.3, 0.4) is 0 Å². The summed E-state index contributed by atoms with van der Waals surface area (Å²) in [6, 6.07) is 0. The molecule has 0 spiro atoms. The monoisotopic (exact) mass is 1160 g/mol. The largest absolute Gasteiger partial charge is 0.462 e. The topological polar surface area (TPSA) is 78.9 Å². The highest BCUT2D eigenvalue weighted by atomic mass is 16.6. The van der Waals surface area contributed by atoms with E-state index < -0.39 is 6.10 Å². The fraction of sp³-hybridized carbons (Fsp3) is 0.831. The fourth-order valence-electron chi connectivity index (χ4n) is 10.9. The number of ether oxygens (including phenoxy) is 3. The van der Waals surface area contributed by atoms with Crippen LogP contribution < -0.4 is 0 Å². The number of esters is 3. The maximum absolute atomic E-state index is 13.0. The number of rotatable bonds is 68. The van der Waals surface area contributed by atoms with Crippen molar-refractivity contribution < 1.29 is 28.6 Å². The highest BCUT2D eigenvalue weighted by Crippen LogP contribution is 2.18. The molecule has 0 amide bonds. The van der Waals surface area contributed by atoms with E-state index in [0.717, 1.165) is 83.5 Å². The molecule has 0 saturated carbocycles. The molecule has 0 heterocycles. The highest BCUT2D eigenvalue weighted by Gasteiger charge is 2.19. The van der Waals surface area contributed by atoms with Gasteiger partial charge in [-0.3, -0.25) is 14.4 Å². The summed E-state index contributed by atoms with van der Waals surface area (Å²) >= 11 is 0. The van der Waals surface area contributed by atoms with Crippen LogP contribution in [0.1, 0.15) is 393 Å². The predicted octanol–water partition coefficient (Wildman–Crippen LogP) is 25.5. The average molecular weight is 1160 g/mol. The van der Waals surface area contributed by atoms with Gasteiger partial charge in [0.25, 0.3) is 0 Å². The van der Waals surface area contributed by atoms with Gasteiger partial charge in [-0.15, -0.1) is 0 Å². The van der Waals surface area contributed by atoms with Gasteiger partial charge in [0.05, 0.1) is 0 Å². The van der Waals surface area contributed by atoms with Crippen molar-refractivity contribution in [3.63, 3.8) is 0 Å². The Kier molecular flexibility index (Phi) is 69.1. The fourth-order valence-corrected chi connectivity index (χ4v) is 10.9. The Labute approximate surface area is 517 Å². The van der Waals surface area contributed by atoms with E-state index in [1.807, 2.05) is 0 Å². The second-order valence-electron chi connectivity index (χ2n) is 24.8. The van der Waals surface area contributed by atoms with E-state index in [1.165, 1.54) is 270 Å². The molecule has 0 aromatic carbocycles. The van der Waals surface area contributed by atoms with Crippen molar-refractivity contribution in [2.45, 2.75) is 399 Å². The van der Waals surface area contributed by atoms with Crippen LogP contribution in [0.4, 0.5) is 0 Å². The number of carbonyl (C=O) groups excluding carboxylic acids is 3. The zero-order valence-electron chi connectivity index (χ0n) is 55.7. The summed E-state index contributed by atoms with van der Waals surface area (Å²) in [5.74, 6) is -0.870. The maximum atomic E-state index is 13.0. The molecular formula is C77H140O6. The molecule has 1 atom stereocenters. The van der Waals surface area contributed by atoms with E-state index >= 15 is 0 Å². The summed E-state index contributed by atoms with van der Waals surface area (Å²) < 4.78 is 17.0. The Morgan fingerprint density at radius 2 is 0.434 bits per heavy atom.